The third-order valence-corrected chi connectivity index (χ3v) is 3.82. The van der Waals surface area contributed by atoms with Gasteiger partial charge in [-0.15, -0.1) is 0 Å². The van der Waals surface area contributed by atoms with E-state index in [1.54, 1.807) is 24.5 Å². The van der Waals surface area contributed by atoms with E-state index in [2.05, 4.69) is 20.7 Å². The van der Waals surface area contributed by atoms with Gasteiger partial charge >= 0.3 is 11.8 Å². The topological polar surface area (TPSA) is 109 Å². The van der Waals surface area contributed by atoms with E-state index in [-0.39, 0.29) is 6.54 Å². The van der Waals surface area contributed by atoms with Crippen LogP contribution < -0.4 is 10.6 Å². The van der Waals surface area contributed by atoms with Gasteiger partial charge < -0.3 is 15.7 Å². The van der Waals surface area contributed by atoms with Gasteiger partial charge in [-0.05, 0) is 25.0 Å². The summed E-state index contributed by atoms with van der Waals surface area (Å²) in [6.07, 6.45) is 5.59. The smallest absolute Gasteiger partial charge is 0.313 e. The SMILES string of the molecule is CCC(O)(CC)CNC(=O)C(=O)Nc1cnn(-c2ccccn2)c1. The number of nitrogens with zero attached hydrogens (tertiary/aromatic N) is 3. The predicted octanol–water partition coefficient (Wildman–Crippen LogP) is 0.873. The summed E-state index contributed by atoms with van der Waals surface area (Å²) in [5, 5.41) is 19.1. The highest BCUT2D eigenvalue weighted by Gasteiger charge is 2.24. The average Bonchev–Trinajstić information content (AvgIpc) is 3.08. The molecule has 0 spiro atoms. The van der Waals surface area contributed by atoms with E-state index in [4.69, 9.17) is 0 Å². The van der Waals surface area contributed by atoms with Crippen LogP contribution in [-0.4, -0.2) is 43.8 Å². The molecule has 0 aliphatic carbocycles. The van der Waals surface area contributed by atoms with Crippen LogP contribution in [0.4, 0.5) is 5.69 Å². The second kappa shape index (κ2) is 7.69. The van der Waals surface area contributed by atoms with Crippen molar-refractivity contribution in [2.24, 2.45) is 0 Å². The molecule has 24 heavy (non-hydrogen) atoms. The zero-order chi connectivity index (χ0) is 17.6. The van der Waals surface area contributed by atoms with Crippen LogP contribution in [0.2, 0.25) is 0 Å². The lowest BCUT2D eigenvalue weighted by molar-refractivity contribution is -0.136. The Balaban J connectivity index is 1.93. The van der Waals surface area contributed by atoms with Gasteiger partial charge in [0.25, 0.3) is 0 Å². The lowest BCUT2D eigenvalue weighted by Gasteiger charge is -2.25. The lowest BCUT2D eigenvalue weighted by atomic mass is 9.98. The first kappa shape index (κ1) is 17.6. The molecule has 2 aromatic rings. The average molecular weight is 331 g/mol. The lowest BCUT2D eigenvalue weighted by Crippen LogP contribution is -2.45. The molecule has 8 heteroatoms. The van der Waals surface area contributed by atoms with Crippen LogP contribution in [0.25, 0.3) is 5.82 Å². The maximum atomic E-state index is 11.9. The minimum Gasteiger partial charge on any atom is -0.388 e. The van der Waals surface area contributed by atoms with Gasteiger partial charge in [-0.2, -0.15) is 5.10 Å². The molecule has 0 radical (unpaired) electrons. The molecule has 8 nitrogen and oxygen atoms in total. The van der Waals surface area contributed by atoms with Crippen LogP contribution in [0.3, 0.4) is 0 Å². The normalized spacial score (nSPS) is 11.1. The van der Waals surface area contributed by atoms with Crippen molar-refractivity contribution in [1.29, 1.82) is 0 Å². The first-order valence-electron chi connectivity index (χ1n) is 7.75. The second-order valence-electron chi connectivity index (χ2n) is 5.43. The molecule has 2 amide bonds. The third-order valence-electron chi connectivity index (χ3n) is 3.82. The van der Waals surface area contributed by atoms with Crippen molar-refractivity contribution in [2.75, 3.05) is 11.9 Å². The molecule has 0 saturated heterocycles. The zero-order valence-electron chi connectivity index (χ0n) is 13.7. The molecular weight excluding hydrogens is 310 g/mol. The molecule has 2 rings (SSSR count). The van der Waals surface area contributed by atoms with Gasteiger partial charge in [-0.3, -0.25) is 9.59 Å². The van der Waals surface area contributed by atoms with Gasteiger partial charge in [-0.25, -0.2) is 9.67 Å². The molecule has 0 aliphatic rings. The summed E-state index contributed by atoms with van der Waals surface area (Å²) in [5.41, 5.74) is -0.623. The van der Waals surface area contributed by atoms with Gasteiger partial charge in [0.05, 0.1) is 23.7 Å². The Morgan fingerprint density at radius 2 is 2.00 bits per heavy atom. The summed E-state index contributed by atoms with van der Waals surface area (Å²) in [4.78, 5) is 27.9. The number of hydrogen-bond acceptors (Lipinski definition) is 5. The van der Waals surface area contributed by atoms with Crippen molar-refractivity contribution < 1.29 is 14.7 Å². The number of anilines is 1. The van der Waals surface area contributed by atoms with Crippen molar-refractivity contribution in [3.63, 3.8) is 0 Å². The highest BCUT2D eigenvalue weighted by Crippen LogP contribution is 2.13. The van der Waals surface area contributed by atoms with Crippen LogP contribution in [0.1, 0.15) is 26.7 Å². The van der Waals surface area contributed by atoms with Crippen molar-refractivity contribution >= 4 is 17.5 Å². The number of aromatic nitrogens is 3. The molecular formula is C16H21N5O3. The largest absolute Gasteiger partial charge is 0.388 e. The zero-order valence-corrected chi connectivity index (χ0v) is 13.7. The first-order valence-corrected chi connectivity index (χ1v) is 7.75. The number of carbonyl (C=O) groups excluding carboxylic acids is 2. The highest BCUT2D eigenvalue weighted by atomic mass is 16.3. The number of nitrogens with one attached hydrogen (secondary N) is 2. The Labute approximate surface area is 139 Å². The fourth-order valence-corrected chi connectivity index (χ4v) is 2.01. The van der Waals surface area contributed by atoms with Gasteiger partial charge in [-0.1, -0.05) is 19.9 Å². The van der Waals surface area contributed by atoms with Crippen LogP contribution in [0.15, 0.2) is 36.8 Å². The molecule has 2 aromatic heterocycles. The predicted molar refractivity (Wildman–Crippen MR) is 88.5 cm³/mol. The highest BCUT2D eigenvalue weighted by molar-refractivity contribution is 6.39. The van der Waals surface area contributed by atoms with Crippen LogP contribution in [0, 0.1) is 0 Å². The number of pyridine rings is 1. The van der Waals surface area contributed by atoms with E-state index >= 15 is 0 Å². The molecule has 0 aliphatic heterocycles. The molecule has 0 atom stereocenters. The molecule has 0 bridgehead atoms. The monoisotopic (exact) mass is 331 g/mol. The Morgan fingerprint density at radius 1 is 1.25 bits per heavy atom. The minimum absolute atomic E-state index is 0.0272. The summed E-state index contributed by atoms with van der Waals surface area (Å²) in [7, 11) is 0. The molecule has 3 N–H and O–H groups in total. The van der Waals surface area contributed by atoms with E-state index < -0.39 is 17.4 Å². The quantitative estimate of drug-likeness (QED) is 0.681. The molecule has 0 unspecified atom stereocenters. The van der Waals surface area contributed by atoms with E-state index in [0.29, 0.717) is 24.3 Å². The second-order valence-corrected chi connectivity index (χ2v) is 5.43. The number of carbonyl (C=O) groups is 2. The van der Waals surface area contributed by atoms with Crippen molar-refractivity contribution in [3.8, 4) is 5.82 Å². The fourth-order valence-electron chi connectivity index (χ4n) is 2.01. The summed E-state index contributed by atoms with van der Waals surface area (Å²) in [5.74, 6) is -1.02. The van der Waals surface area contributed by atoms with Crippen molar-refractivity contribution in [3.05, 3.63) is 36.8 Å². The Kier molecular flexibility index (Phi) is 5.64. The fraction of sp³-hybridized carbons (Fsp3) is 0.375. The van der Waals surface area contributed by atoms with E-state index in [9.17, 15) is 14.7 Å². The minimum atomic E-state index is -1.00. The Bertz CT molecular complexity index is 695. The van der Waals surface area contributed by atoms with Crippen LogP contribution in [-0.2, 0) is 9.59 Å². The number of hydrogen-bond donors (Lipinski definition) is 3. The molecule has 128 valence electrons. The van der Waals surface area contributed by atoms with Crippen LogP contribution >= 0.6 is 0 Å². The van der Waals surface area contributed by atoms with Gasteiger partial charge in [0.15, 0.2) is 5.82 Å². The maximum Gasteiger partial charge on any atom is 0.313 e. The maximum absolute atomic E-state index is 11.9. The number of amides is 2. The third kappa shape index (κ3) is 4.39. The number of rotatable bonds is 6. The molecule has 0 aromatic carbocycles. The van der Waals surface area contributed by atoms with E-state index in [1.165, 1.54) is 10.9 Å². The van der Waals surface area contributed by atoms with Gasteiger partial charge in [0, 0.05) is 12.7 Å². The van der Waals surface area contributed by atoms with E-state index in [1.807, 2.05) is 19.9 Å². The first-order chi connectivity index (χ1) is 11.5. The van der Waals surface area contributed by atoms with Crippen molar-refractivity contribution in [1.82, 2.24) is 20.1 Å². The summed E-state index contributed by atoms with van der Waals surface area (Å²) in [6.45, 7) is 3.67. The molecule has 2 heterocycles. The summed E-state index contributed by atoms with van der Waals surface area (Å²) >= 11 is 0. The molecule has 0 fully saturated rings. The summed E-state index contributed by atoms with van der Waals surface area (Å²) < 4.78 is 1.49. The standard InChI is InChI=1S/C16H21N5O3/c1-3-16(24,4-2)11-18-14(22)15(23)20-12-9-19-21(10-12)13-7-5-6-8-17-13/h5-10,24H,3-4,11H2,1-2H3,(H,18,22)(H,20,23). The van der Waals surface area contributed by atoms with Crippen LogP contribution in [0.5, 0.6) is 0 Å². The number of aliphatic hydroxyl groups is 1. The Hall–Kier alpha value is -2.74. The Morgan fingerprint density at radius 3 is 2.62 bits per heavy atom. The van der Waals surface area contributed by atoms with E-state index in [0.717, 1.165) is 0 Å². The van der Waals surface area contributed by atoms with Gasteiger partial charge in [0.1, 0.15) is 0 Å². The van der Waals surface area contributed by atoms with Gasteiger partial charge in [0.2, 0.25) is 0 Å². The van der Waals surface area contributed by atoms with Crippen molar-refractivity contribution in [2.45, 2.75) is 32.3 Å². The molecule has 0 saturated carbocycles. The summed E-state index contributed by atoms with van der Waals surface area (Å²) in [6, 6.07) is 5.37.